The third kappa shape index (κ3) is 6.83. The smallest absolute Gasteiger partial charge is 0.324 e. The molecule has 2 aromatic carbocycles. The molecule has 6 heterocycles. The first-order chi connectivity index (χ1) is 27.9. The number of hydrogen-bond donors (Lipinski definition) is 2. The van der Waals surface area contributed by atoms with Crippen molar-refractivity contribution >= 4 is 55.5 Å². The van der Waals surface area contributed by atoms with E-state index >= 15 is 0 Å². The highest BCUT2D eigenvalue weighted by Gasteiger charge is 2.41. The van der Waals surface area contributed by atoms with Crippen LogP contribution >= 0.6 is 0 Å². The van der Waals surface area contributed by atoms with Gasteiger partial charge in [-0.2, -0.15) is 9.29 Å². The van der Waals surface area contributed by atoms with Crippen LogP contribution in [0.25, 0.3) is 22.1 Å². The van der Waals surface area contributed by atoms with Crippen molar-refractivity contribution in [2.75, 3.05) is 31.5 Å². The summed E-state index contributed by atoms with van der Waals surface area (Å²) in [5.41, 5.74) is 4.26. The van der Waals surface area contributed by atoms with Crippen molar-refractivity contribution in [3.05, 3.63) is 86.7 Å². The van der Waals surface area contributed by atoms with Crippen LogP contribution in [-0.2, 0) is 33.2 Å². The van der Waals surface area contributed by atoms with Crippen LogP contribution in [0.15, 0.2) is 69.2 Å². The van der Waals surface area contributed by atoms with Crippen LogP contribution in [0.5, 0.6) is 0 Å². The van der Waals surface area contributed by atoms with Gasteiger partial charge in [0.15, 0.2) is 0 Å². The van der Waals surface area contributed by atoms with Gasteiger partial charge in [0.2, 0.25) is 27.8 Å². The number of hydrogen-bond acceptors (Lipinski definition) is 10. The number of carbonyl (C=O) groups is 2. The lowest BCUT2D eigenvalue weighted by Crippen LogP contribution is -2.48. The number of sulfonamides is 1. The second-order valence-electron chi connectivity index (χ2n) is 16.7. The predicted octanol–water partition coefficient (Wildman–Crippen LogP) is 4.66. The molecule has 4 aliphatic rings. The summed E-state index contributed by atoms with van der Waals surface area (Å²) < 4.78 is 34.4. The molecule has 16 heteroatoms. The Balaban J connectivity index is 0.837. The SMILES string of the molecule is Cc1cc(S(=O)(=O)N2CCC3(CCN(Cc4cccc5c4n(C)c(=O)n5C4CCC(=O)NC4=O)CC3)CC2)ccc1Nc1ncc2ccc(=O)n(C3CCCC3)c2n1. The third-order valence-electron chi connectivity index (χ3n) is 13.2. The molecule has 0 bridgehead atoms. The topological polar surface area (TPSA) is 174 Å². The van der Waals surface area contributed by atoms with Gasteiger partial charge in [0.05, 0.1) is 15.9 Å². The molecular formula is C42H49N9O6S. The zero-order chi connectivity index (χ0) is 40.3. The second kappa shape index (κ2) is 14.9. The van der Waals surface area contributed by atoms with Crippen LogP contribution < -0.4 is 21.9 Å². The molecule has 15 nitrogen and oxygen atoms in total. The first kappa shape index (κ1) is 38.3. The number of para-hydroxylation sites is 1. The van der Waals surface area contributed by atoms with Crippen molar-refractivity contribution in [1.29, 1.82) is 0 Å². The van der Waals surface area contributed by atoms with Crippen molar-refractivity contribution in [3.8, 4) is 0 Å². The molecule has 1 atom stereocenters. The number of amides is 2. The summed E-state index contributed by atoms with van der Waals surface area (Å²) in [5.74, 6) is -0.413. The number of imidazole rings is 1. The number of aryl methyl sites for hydroxylation is 2. The lowest BCUT2D eigenvalue weighted by atomic mass is 9.71. The molecule has 5 aromatic rings. The molecule has 3 aliphatic heterocycles. The summed E-state index contributed by atoms with van der Waals surface area (Å²) >= 11 is 0. The van der Waals surface area contributed by atoms with Crippen LogP contribution in [0.2, 0.25) is 0 Å². The lowest BCUT2D eigenvalue weighted by molar-refractivity contribution is -0.135. The summed E-state index contributed by atoms with van der Waals surface area (Å²) in [4.78, 5) is 62.7. The Labute approximate surface area is 336 Å². The highest BCUT2D eigenvalue weighted by molar-refractivity contribution is 7.89. The van der Waals surface area contributed by atoms with E-state index in [1.807, 2.05) is 25.1 Å². The largest absolute Gasteiger partial charge is 0.329 e. The molecule has 4 fully saturated rings. The molecule has 0 radical (unpaired) electrons. The summed E-state index contributed by atoms with van der Waals surface area (Å²) in [6, 6.07) is 13.6. The Hall–Kier alpha value is -5.19. The standard InChI is InChI=1S/C42H49N9O6S/c1-27-24-31(11-12-32(27)44-40-43-25-28-10-15-36(53)50(38(28)46-40)30-7-3-4-8-30)58(56,57)49-22-18-42(19-23-49)16-20-48(21-17-42)26-29-6-5-9-33-37(29)47(2)41(55)51(33)34-13-14-35(52)45-39(34)54/h5-6,9-12,15,24-25,30,34H,3-4,7-8,13-14,16-23,26H2,1-2H3,(H,43,44,46)(H,45,52,54). The normalized spacial score (nSPS) is 21.0. The quantitative estimate of drug-likeness (QED) is 0.210. The summed E-state index contributed by atoms with van der Waals surface area (Å²) in [7, 11) is -1.99. The fourth-order valence-electron chi connectivity index (χ4n) is 9.82. The number of fused-ring (bicyclic) bond motifs is 2. The minimum atomic E-state index is -3.72. The number of anilines is 2. The van der Waals surface area contributed by atoms with Crippen LogP contribution in [0, 0.1) is 12.3 Å². The van der Waals surface area contributed by atoms with Crippen LogP contribution in [0.4, 0.5) is 11.6 Å². The highest BCUT2D eigenvalue weighted by atomic mass is 32.2. The fraction of sp³-hybridized carbons (Fsp3) is 0.476. The molecule has 9 rings (SSSR count). The van der Waals surface area contributed by atoms with E-state index in [0.717, 1.165) is 86.5 Å². The molecule has 1 spiro atoms. The number of pyridine rings is 1. The molecular weight excluding hydrogens is 759 g/mol. The monoisotopic (exact) mass is 807 g/mol. The number of carbonyl (C=O) groups excluding carboxylic acids is 2. The van der Waals surface area contributed by atoms with Gasteiger partial charge in [0, 0.05) is 62.5 Å². The number of imide groups is 1. The Bertz CT molecular complexity index is 2680. The molecule has 1 saturated carbocycles. The lowest BCUT2D eigenvalue weighted by Gasteiger charge is -2.46. The number of aromatic nitrogens is 5. The minimum absolute atomic E-state index is 0.0645. The van der Waals surface area contributed by atoms with Gasteiger partial charge in [-0.3, -0.25) is 38.3 Å². The number of rotatable bonds is 8. The van der Waals surface area contributed by atoms with Crippen LogP contribution in [-0.4, -0.2) is 79.3 Å². The van der Waals surface area contributed by atoms with Crippen molar-refractivity contribution in [2.24, 2.45) is 12.5 Å². The number of benzene rings is 2. The molecule has 2 amide bonds. The first-order valence-electron chi connectivity index (χ1n) is 20.4. The number of nitrogens with zero attached hydrogens (tertiary/aromatic N) is 7. The molecule has 2 N–H and O–H groups in total. The van der Waals surface area contributed by atoms with E-state index in [4.69, 9.17) is 4.98 Å². The maximum atomic E-state index is 13.9. The van der Waals surface area contributed by atoms with Gasteiger partial charge in [-0.05, 0) is 112 Å². The molecule has 3 saturated heterocycles. The molecule has 1 unspecified atom stereocenters. The van der Waals surface area contributed by atoms with Gasteiger partial charge in [0.25, 0.3) is 5.56 Å². The fourth-order valence-corrected chi connectivity index (χ4v) is 11.4. The van der Waals surface area contributed by atoms with Gasteiger partial charge in [-0.15, -0.1) is 0 Å². The maximum Gasteiger partial charge on any atom is 0.329 e. The van der Waals surface area contributed by atoms with Crippen molar-refractivity contribution < 1.29 is 18.0 Å². The van der Waals surface area contributed by atoms with Crippen LogP contribution in [0.3, 0.4) is 0 Å². The number of nitrogens with one attached hydrogen (secondary N) is 2. The van der Waals surface area contributed by atoms with E-state index < -0.39 is 22.0 Å². The Morgan fingerprint density at radius 3 is 2.36 bits per heavy atom. The first-order valence-corrected chi connectivity index (χ1v) is 21.9. The maximum absolute atomic E-state index is 13.9. The van der Waals surface area contributed by atoms with Crippen molar-refractivity contribution in [3.63, 3.8) is 0 Å². The van der Waals surface area contributed by atoms with Crippen molar-refractivity contribution in [2.45, 2.75) is 94.7 Å². The summed E-state index contributed by atoms with van der Waals surface area (Å²) in [6.07, 6.45) is 9.79. The zero-order valence-corrected chi connectivity index (χ0v) is 33.8. The average molecular weight is 808 g/mol. The van der Waals surface area contributed by atoms with Gasteiger partial charge in [-0.25, -0.2) is 18.2 Å². The Morgan fingerprint density at radius 2 is 1.64 bits per heavy atom. The van der Waals surface area contributed by atoms with Crippen molar-refractivity contribution in [1.82, 2.24) is 38.2 Å². The zero-order valence-electron chi connectivity index (χ0n) is 32.9. The van der Waals surface area contributed by atoms with Crippen LogP contribution in [0.1, 0.15) is 87.4 Å². The van der Waals surface area contributed by atoms with E-state index in [-0.39, 0.29) is 39.9 Å². The molecule has 304 valence electrons. The van der Waals surface area contributed by atoms with E-state index in [0.29, 0.717) is 48.9 Å². The van der Waals surface area contributed by atoms with E-state index in [9.17, 15) is 27.6 Å². The average Bonchev–Trinajstić information content (AvgIpc) is 3.83. The molecule has 58 heavy (non-hydrogen) atoms. The van der Waals surface area contributed by atoms with Gasteiger partial charge in [-0.1, -0.05) is 25.0 Å². The summed E-state index contributed by atoms with van der Waals surface area (Å²) in [5, 5.41) is 6.43. The molecule has 3 aromatic heterocycles. The Kier molecular flexibility index (Phi) is 9.83. The number of likely N-dealkylation sites (tertiary alicyclic amines) is 1. The predicted molar refractivity (Wildman–Crippen MR) is 219 cm³/mol. The van der Waals surface area contributed by atoms with Gasteiger partial charge >= 0.3 is 5.69 Å². The number of piperidine rings is 3. The van der Waals surface area contributed by atoms with E-state index in [2.05, 4.69) is 20.5 Å². The van der Waals surface area contributed by atoms with E-state index in [1.165, 1.54) is 4.57 Å². The summed E-state index contributed by atoms with van der Waals surface area (Å²) in [6.45, 7) is 5.16. The Morgan fingerprint density at radius 1 is 0.897 bits per heavy atom. The van der Waals surface area contributed by atoms with E-state index in [1.54, 1.807) is 57.0 Å². The van der Waals surface area contributed by atoms with Gasteiger partial charge < -0.3 is 5.32 Å². The third-order valence-corrected chi connectivity index (χ3v) is 15.1. The highest BCUT2D eigenvalue weighted by Crippen LogP contribution is 2.43. The van der Waals surface area contributed by atoms with Gasteiger partial charge in [0.1, 0.15) is 11.7 Å². The molecule has 1 aliphatic carbocycles. The minimum Gasteiger partial charge on any atom is -0.324 e. The second-order valence-corrected chi connectivity index (χ2v) is 18.6.